The molecule has 0 unspecified atom stereocenters. The summed E-state index contributed by atoms with van der Waals surface area (Å²) < 4.78 is 6.61. The lowest BCUT2D eigenvalue weighted by atomic mass is 9.95. The molecule has 0 aromatic heterocycles. The maximum Gasteiger partial charge on any atom is 0.261 e. The normalized spacial score (nSPS) is 15.2. The molecule has 2 aromatic carbocycles. The molecule has 7 heteroatoms. The Morgan fingerprint density at radius 2 is 1.87 bits per heavy atom. The molecule has 2 aromatic rings. The summed E-state index contributed by atoms with van der Waals surface area (Å²) in [5, 5.41) is 3.72. The highest BCUT2D eigenvalue weighted by atomic mass is 79.9. The minimum absolute atomic E-state index is 0.133. The summed E-state index contributed by atoms with van der Waals surface area (Å²) >= 11 is 9.50. The lowest BCUT2D eigenvalue weighted by Crippen LogP contribution is -2.51. The lowest BCUT2D eigenvalue weighted by molar-refractivity contribution is -0.142. The minimum Gasteiger partial charge on any atom is -0.484 e. The van der Waals surface area contributed by atoms with Gasteiger partial charge in [-0.2, -0.15) is 0 Å². The molecule has 0 saturated heterocycles. The number of ether oxygens (including phenoxy) is 1. The molecule has 1 N–H and O–H groups in total. The average Bonchev–Trinajstić information content (AvgIpc) is 2.77. The zero-order valence-electron chi connectivity index (χ0n) is 17.7. The van der Waals surface area contributed by atoms with Crippen LogP contribution in [0, 0.1) is 0 Å². The van der Waals surface area contributed by atoms with Crippen LogP contribution in [0.3, 0.4) is 0 Å². The van der Waals surface area contributed by atoms with Crippen LogP contribution in [-0.4, -0.2) is 35.4 Å². The van der Waals surface area contributed by atoms with E-state index in [1.165, 1.54) is 6.42 Å². The number of halogens is 2. The number of carbonyl (C=O) groups is 2. The van der Waals surface area contributed by atoms with Crippen LogP contribution in [0.5, 0.6) is 5.75 Å². The summed E-state index contributed by atoms with van der Waals surface area (Å²) in [4.78, 5) is 27.6. The number of nitrogens with zero attached hydrogens (tertiary/aromatic N) is 1. The maximum absolute atomic E-state index is 13.1. The Hall–Kier alpha value is -2.05. The van der Waals surface area contributed by atoms with Gasteiger partial charge >= 0.3 is 0 Å². The molecular formula is C24H28BrClN2O3. The first-order valence-electron chi connectivity index (χ1n) is 10.6. The first-order chi connectivity index (χ1) is 14.9. The van der Waals surface area contributed by atoms with Crippen LogP contribution in [0.2, 0.25) is 5.02 Å². The number of nitrogens with one attached hydrogen (secondary N) is 1. The van der Waals surface area contributed by atoms with Crippen molar-refractivity contribution in [3.63, 3.8) is 0 Å². The molecule has 0 heterocycles. The largest absolute Gasteiger partial charge is 0.484 e. The van der Waals surface area contributed by atoms with Gasteiger partial charge in [0, 0.05) is 22.1 Å². The summed E-state index contributed by atoms with van der Waals surface area (Å²) in [7, 11) is 0. The molecule has 31 heavy (non-hydrogen) atoms. The van der Waals surface area contributed by atoms with Gasteiger partial charge in [0.1, 0.15) is 11.8 Å². The van der Waals surface area contributed by atoms with Crippen LogP contribution >= 0.6 is 27.5 Å². The van der Waals surface area contributed by atoms with Gasteiger partial charge in [-0.05, 0) is 61.7 Å². The van der Waals surface area contributed by atoms with Gasteiger partial charge in [-0.3, -0.25) is 9.59 Å². The van der Waals surface area contributed by atoms with Crippen molar-refractivity contribution in [2.45, 2.75) is 57.7 Å². The molecule has 3 rings (SSSR count). The number of hydrogen-bond donors (Lipinski definition) is 1. The molecule has 1 fully saturated rings. The highest BCUT2D eigenvalue weighted by Gasteiger charge is 2.28. The quantitative estimate of drug-likeness (QED) is 0.524. The van der Waals surface area contributed by atoms with E-state index in [2.05, 4.69) is 21.2 Å². The summed E-state index contributed by atoms with van der Waals surface area (Å²) in [5.74, 6) is 0.207. The summed E-state index contributed by atoms with van der Waals surface area (Å²) in [6, 6.07) is 14.2. The Labute approximate surface area is 197 Å². The standard InChI is InChI=1S/C24H28BrClN2O3/c1-17(24(30)27-21-8-3-2-4-9-21)28(15-18-6-5-7-20(26)14-18)23(29)16-31-22-12-10-19(25)11-13-22/h5-7,10-14,17,21H,2-4,8-9,15-16H2,1H3,(H,27,30)/t17-/m0/s1. The van der Waals surface area contributed by atoms with E-state index in [1.807, 2.05) is 30.3 Å². The van der Waals surface area contributed by atoms with Gasteiger partial charge < -0.3 is 15.0 Å². The second-order valence-corrected chi connectivity index (χ2v) is 9.27. The van der Waals surface area contributed by atoms with Crippen molar-refractivity contribution in [1.29, 1.82) is 0 Å². The van der Waals surface area contributed by atoms with Crippen LogP contribution in [-0.2, 0) is 16.1 Å². The van der Waals surface area contributed by atoms with E-state index in [0.29, 0.717) is 10.8 Å². The monoisotopic (exact) mass is 506 g/mol. The molecule has 0 aliphatic heterocycles. The third-order valence-electron chi connectivity index (χ3n) is 5.54. The van der Waals surface area contributed by atoms with E-state index in [-0.39, 0.29) is 31.0 Å². The Morgan fingerprint density at radius 3 is 2.55 bits per heavy atom. The van der Waals surface area contributed by atoms with Crippen molar-refractivity contribution in [1.82, 2.24) is 10.2 Å². The molecule has 1 saturated carbocycles. The Kier molecular flexibility index (Phi) is 8.79. The SMILES string of the molecule is C[C@@H](C(=O)NC1CCCCC1)N(Cc1cccc(Cl)c1)C(=O)COc1ccc(Br)cc1. The third-order valence-corrected chi connectivity index (χ3v) is 6.30. The van der Waals surface area contributed by atoms with Crippen molar-refractivity contribution < 1.29 is 14.3 Å². The topological polar surface area (TPSA) is 58.6 Å². The van der Waals surface area contributed by atoms with Crippen LogP contribution in [0.1, 0.15) is 44.6 Å². The van der Waals surface area contributed by atoms with Crippen LogP contribution in [0.4, 0.5) is 0 Å². The first kappa shape index (κ1) is 23.6. The zero-order valence-corrected chi connectivity index (χ0v) is 20.0. The number of rotatable bonds is 8. The lowest BCUT2D eigenvalue weighted by Gasteiger charge is -2.31. The van der Waals surface area contributed by atoms with Crippen molar-refractivity contribution >= 4 is 39.3 Å². The first-order valence-corrected chi connectivity index (χ1v) is 11.8. The number of benzene rings is 2. The molecule has 2 amide bonds. The molecule has 1 aliphatic carbocycles. The Morgan fingerprint density at radius 1 is 1.16 bits per heavy atom. The van der Waals surface area contributed by atoms with E-state index in [0.717, 1.165) is 35.7 Å². The Bertz CT molecular complexity index is 885. The van der Waals surface area contributed by atoms with Gasteiger partial charge in [-0.15, -0.1) is 0 Å². The summed E-state index contributed by atoms with van der Waals surface area (Å²) in [6.45, 7) is 1.89. The highest BCUT2D eigenvalue weighted by Crippen LogP contribution is 2.20. The predicted molar refractivity (Wildman–Crippen MR) is 126 cm³/mol. The molecular weight excluding hydrogens is 480 g/mol. The van der Waals surface area contributed by atoms with Crippen molar-refractivity contribution in [2.24, 2.45) is 0 Å². The van der Waals surface area contributed by atoms with Gasteiger partial charge in [0.2, 0.25) is 5.91 Å². The fourth-order valence-corrected chi connectivity index (χ4v) is 4.22. The predicted octanol–water partition coefficient (Wildman–Crippen LogP) is 5.35. The zero-order chi connectivity index (χ0) is 22.2. The molecule has 1 aliphatic rings. The van der Waals surface area contributed by atoms with Crippen molar-refractivity contribution in [2.75, 3.05) is 6.61 Å². The van der Waals surface area contributed by atoms with Crippen LogP contribution in [0.15, 0.2) is 53.0 Å². The molecule has 1 atom stereocenters. The smallest absolute Gasteiger partial charge is 0.261 e. The van der Waals surface area contributed by atoms with Gasteiger partial charge in [-0.1, -0.05) is 58.9 Å². The number of carbonyl (C=O) groups excluding carboxylic acids is 2. The van der Waals surface area contributed by atoms with E-state index < -0.39 is 6.04 Å². The number of amides is 2. The Balaban J connectivity index is 1.70. The summed E-state index contributed by atoms with van der Waals surface area (Å²) in [5.41, 5.74) is 0.863. The molecule has 5 nitrogen and oxygen atoms in total. The van der Waals surface area contributed by atoms with Gasteiger partial charge in [0.15, 0.2) is 6.61 Å². The van der Waals surface area contributed by atoms with Crippen molar-refractivity contribution in [3.05, 3.63) is 63.6 Å². The number of hydrogen-bond acceptors (Lipinski definition) is 3. The van der Waals surface area contributed by atoms with Crippen LogP contribution < -0.4 is 10.1 Å². The van der Waals surface area contributed by atoms with E-state index >= 15 is 0 Å². The average molecular weight is 508 g/mol. The second-order valence-electron chi connectivity index (χ2n) is 7.91. The van der Waals surface area contributed by atoms with Crippen molar-refractivity contribution in [3.8, 4) is 5.75 Å². The molecule has 166 valence electrons. The van der Waals surface area contributed by atoms with Crippen LogP contribution in [0.25, 0.3) is 0 Å². The van der Waals surface area contributed by atoms with E-state index in [4.69, 9.17) is 16.3 Å². The van der Waals surface area contributed by atoms with Gasteiger partial charge in [-0.25, -0.2) is 0 Å². The molecule has 0 bridgehead atoms. The van der Waals surface area contributed by atoms with E-state index in [9.17, 15) is 9.59 Å². The maximum atomic E-state index is 13.1. The third kappa shape index (κ3) is 7.25. The van der Waals surface area contributed by atoms with Gasteiger partial charge in [0.05, 0.1) is 0 Å². The molecule has 0 spiro atoms. The fourth-order valence-electron chi connectivity index (χ4n) is 3.74. The fraction of sp³-hybridized carbons (Fsp3) is 0.417. The van der Waals surface area contributed by atoms with Gasteiger partial charge in [0.25, 0.3) is 5.91 Å². The molecule has 0 radical (unpaired) electrons. The highest BCUT2D eigenvalue weighted by molar-refractivity contribution is 9.10. The second kappa shape index (κ2) is 11.5. The summed E-state index contributed by atoms with van der Waals surface area (Å²) in [6.07, 6.45) is 5.46. The van der Waals surface area contributed by atoms with E-state index in [1.54, 1.807) is 30.0 Å². The minimum atomic E-state index is -0.623.